The lowest BCUT2D eigenvalue weighted by atomic mass is 10.0. The summed E-state index contributed by atoms with van der Waals surface area (Å²) in [6, 6.07) is 6.75. The number of hydrogen-bond donors (Lipinski definition) is 1. The number of aromatic nitrogens is 2. The van der Waals surface area contributed by atoms with Gasteiger partial charge in [-0.15, -0.1) is 0 Å². The number of non-ortho nitro benzene ring substituents is 1. The number of fused-ring (bicyclic) bond motifs is 1. The molecule has 0 saturated carbocycles. The Hall–Kier alpha value is -2.25. The van der Waals surface area contributed by atoms with Gasteiger partial charge in [0.15, 0.2) is 0 Å². The number of rotatable bonds is 6. The molecule has 0 bridgehead atoms. The van der Waals surface area contributed by atoms with Crippen LogP contribution >= 0.6 is 0 Å². The third-order valence-corrected chi connectivity index (χ3v) is 4.31. The molecular weight excluding hydrogens is 306 g/mol. The van der Waals surface area contributed by atoms with E-state index in [0.717, 1.165) is 50.3 Å². The van der Waals surface area contributed by atoms with Gasteiger partial charge in [0.25, 0.3) is 5.69 Å². The highest BCUT2D eigenvalue weighted by Crippen LogP contribution is 2.30. The van der Waals surface area contributed by atoms with Crippen molar-refractivity contribution in [3.05, 3.63) is 45.6 Å². The van der Waals surface area contributed by atoms with Gasteiger partial charge in [-0.2, -0.15) is 5.10 Å². The van der Waals surface area contributed by atoms with Gasteiger partial charge < -0.3 is 10.2 Å². The lowest BCUT2D eigenvalue weighted by Gasteiger charge is -2.16. The predicted molar refractivity (Wildman–Crippen MR) is 92.9 cm³/mol. The van der Waals surface area contributed by atoms with Gasteiger partial charge in [0.05, 0.1) is 10.6 Å². The normalized spacial score (nSPS) is 14.0. The zero-order valence-corrected chi connectivity index (χ0v) is 14.2. The monoisotopic (exact) mass is 329 g/mol. The van der Waals surface area contributed by atoms with Gasteiger partial charge in [0, 0.05) is 55.0 Å². The van der Waals surface area contributed by atoms with E-state index in [1.54, 1.807) is 12.1 Å². The van der Waals surface area contributed by atoms with Gasteiger partial charge >= 0.3 is 0 Å². The maximum atomic E-state index is 11.0. The van der Waals surface area contributed by atoms with Gasteiger partial charge in [-0.05, 0) is 27.1 Å². The van der Waals surface area contributed by atoms with Gasteiger partial charge in [-0.25, -0.2) is 0 Å². The molecule has 0 unspecified atom stereocenters. The molecule has 7 heteroatoms. The van der Waals surface area contributed by atoms with Crippen molar-refractivity contribution in [3.63, 3.8) is 0 Å². The second-order valence-electron chi connectivity index (χ2n) is 6.39. The van der Waals surface area contributed by atoms with E-state index in [1.165, 1.54) is 17.3 Å². The van der Waals surface area contributed by atoms with Crippen LogP contribution in [0.1, 0.15) is 17.7 Å². The summed E-state index contributed by atoms with van der Waals surface area (Å²) in [6.07, 6.45) is 1.97. The first kappa shape index (κ1) is 16.6. The third kappa shape index (κ3) is 3.47. The Bertz CT molecular complexity index is 739. The fraction of sp³-hybridized carbons (Fsp3) is 0.471. The van der Waals surface area contributed by atoms with E-state index in [2.05, 4.69) is 29.0 Å². The molecule has 0 radical (unpaired) electrons. The Morgan fingerprint density at radius 3 is 3.00 bits per heavy atom. The SMILES string of the molecule is CN(C)CCCn1nc(-c2cccc([N+](=O)[O-])c2)c2c1CCNC2. The Morgan fingerprint density at radius 2 is 2.25 bits per heavy atom. The summed E-state index contributed by atoms with van der Waals surface area (Å²) in [4.78, 5) is 12.9. The van der Waals surface area contributed by atoms with E-state index < -0.39 is 0 Å². The van der Waals surface area contributed by atoms with E-state index in [0.29, 0.717) is 0 Å². The van der Waals surface area contributed by atoms with Crippen LogP contribution in [0.5, 0.6) is 0 Å². The first-order chi connectivity index (χ1) is 11.6. The van der Waals surface area contributed by atoms with Crippen molar-refractivity contribution in [2.45, 2.75) is 25.9 Å². The highest BCUT2D eigenvalue weighted by molar-refractivity contribution is 5.67. The van der Waals surface area contributed by atoms with Crippen LogP contribution in [0.2, 0.25) is 0 Å². The van der Waals surface area contributed by atoms with Crippen LogP contribution in [0.25, 0.3) is 11.3 Å². The lowest BCUT2D eigenvalue weighted by Crippen LogP contribution is -2.25. The molecule has 1 aromatic heterocycles. The largest absolute Gasteiger partial charge is 0.312 e. The number of nitrogens with one attached hydrogen (secondary N) is 1. The Labute approximate surface area is 141 Å². The molecule has 0 atom stereocenters. The summed E-state index contributed by atoms with van der Waals surface area (Å²) < 4.78 is 2.09. The van der Waals surface area contributed by atoms with Crippen molar-refractivity contribution in [1.82, 2.24) is 20.0 Å². The summed E-state index contributed by atoms with van der Waals surface area (Å²) in [6.45, 7) is 3.59. The highest BCUT2D eigenvalue weighted by Gasteiger charge is 2.22. The molecule has 0 fully saturated rings. The van der Waals surface area contributed by atoms with E-state index >= 15 is 0 Å². The fourth-order valence-corrected chi connectivity index (χ4v) is 3.14. The molecule has 2 heterocycles. The molecule has 24 heavy (non-hydrogen) atoms. The molecule has 128 valence electrons. The van der Waals surface area contributed by atoms with Crippen LogP contribution in [-0.4, -0.2) is 46.8 Å². The Balaban J connectivity index is 1.94. The molecule has 1 aliphatic rings. The van der Waals surface area contributed by atoms with Crippen molar-refractivity contribution in [3.8, 4) is 11.3 Å². The average molecular weight is 329 g/mol. The maximum absolute atomic E-state index is 11.0. The first-order valence-corrected chi connectivity index (χ1v) is 8.25. The predicted octanol–water partition coefficient (Wildman–Crippen LogP) is 2.06. The van der Waals surface area contributed by atoms with Crippen molar-refractivity contribution >= 4 is 5.69 Å². The zero-order chi connectivity index (χ0) is 17.1. The number of nitro benzene ring substituents is 1. The maximum Gasteiger partial charge on any atom is 0.270 e. The van der Waals surface area contributed by atoms with Crippen molar-refractivity contribution < 1.29 is 4.92 Å². The summed E-state index contributed by atoms with van der Waals surface area (Å²) in [5.74, 6) is 0. The Morgan fingerprint density at radius 1 is 1.42 bits per heavy atom. The number of aryl methyl sites for hydroxylation is 1. The molecule has 1 N–H and O–H groups in total. The van der Waals surface area contributed by atoms with Gasteiger partial charge in [0.1, 0.15) is 0 Å². The minimum absolute atomic E-state index is 0.104. The van der Waals surface area contributed by atoms with Crippen LogP contribution in [0.3, 0.4) is 0 Å². The molecule has 0 saturated heterocycles. The van der Waals surface area contributed by atoms with E-state index in [1.807, 2.05) is 6.07 Å². The van der Waals surface area contributed by atoms with Crippen molar-refractivity contribution in [2.75, 3.05) is 27.2 Å². The summed E-state index contributed by atoms with van der Waals surface area (Å²) in [5, 5.41) is 19.2. The van der Waals surface area contributed by atoms with Crippen molar-refractivity contribution in [1.29, 1.82) is 0 Å². The summed E-state index contributed by atoms with van der Waals surface area (Å²) in [5.41, 5.74) is 4.22. The quantitative estimate of drug-likeness (QED) is 0.648. The van der Waals surface area contributed by atoms with Crippen molar-refractivity contribution in [2.24, 2.45) is 0 Å². The Kier molecular flexibility index (Phi) is 4.92. The molecular formula is C17H23N5O2. The second kappa shape index (κ2) is 7.11. The van der Waals surface area contributed by atoms with Crippen LogP contribution in [0.4, 0.5) is 5.69 Å². The zero-order valence-electron chi connectivity index (χ0n) is 14.2. The van der Waals surface area contributed by atoms with Gasteiger partial charge in [0.2, 0.25) is 0 Å². The molecule has 3 rings (SSSR count). The molecule has 0 aliphatic carbocycles. The van der Waals surface area contributed by atoms with Gasteiger partial charge in [-0.1, -0.05) is 12.1 Å². The molecule has 0 amide bonds. The third-order valence-electron chi connectivity index (χ3n) is 4.31. The summed E-state index contributed by atoms with van der Waals surface area (Å²) >= 11 is 0. The highest BCUT2D eigenvalue weighted by atomic mass is 16.6. The van der Waals surface area contributed by atoms with E-state index in [9.17, 15) is 10.1 Å². The minimum atomic E-state index is -0.359. The minimum Gasteiger partial charge on any atom is -0.312 e. The van der Waals surface area contributed by atoms with Crippen LogP contribution in [0.15, 0.2) is 24.3 Å². The molecule has 1 aliphatic heterocycles. The van der Waals surface area contributed by atoms with E-state index in [4.69, 9.17) is 5.10 Å². The van der Waals surface area contributed by atoms with Gasteiger partial charge in [-0.3, -0.25) is 14.8 Å². The second-order valence-corrected chi connectivity index (χ2v) is 6.39. The molecule has 0 spiro atoms. The van der Waals surface area contributed by atoms with Crippen LogP contribution in [0, 0.1) is 10.1 Å². The average Bonchev–Trinajstić information content (AvgIpc) is 2.94. The van der Waals surface area contributed by atoms with E-state index in [-0.39, 0.29) is 10.6 Å². The van der Waals surface area contributed by atoms with Crippen LogP contribution in [-0.2, 0) is 19.5 Å². The lowest BCUT2D eigenvalue weighted by molar-refractivity contribution is -0.384. The summed E-state index contributed by atoms with van der Waals surface area (Å²) in [7, 11) is 4.13. The van der Waals surface area contributed by atoms with Crippen LogP contribution < -0.4 is 5.32 Å². The molecule has 7 nitrogen and oxygen atoms in total. The smallest absolute Gasteiger partial charge is 0.270 e. The number of nitrogens with zero attached hydrogens (tertiary/aromatic N) is 4. The number of nitro groups is 1. The topological polar surface area (TPSA) is 76.2 Å². The molecule has 1 aromatic carbocycles. The number of hydrogen-bond acceptors (Lipinski definition) is 5. The molecule has 2 aromatic rings. The fourth-order valence-electron chi connectivity index (χ4n) is 3.14. The standard InChI is InChI=1S/C17H23N5O2/c1-20(2)9-4-10-21-16-7-8-18-12-15(16)17(19-21)13-5-3-6-14(11-13)22(23)24/h3,5-6,11,18H,4,7-10,12H2,1-2H3. The first-order valence-electron chi connectivity index (χ1n) is 8.25. The number of benzene rings is 1.